The molecule has 150 valence electrons. The molecule has 0 aliphatic heterocycles. The van der Waals surface area contributed by atoms with E-state index in [1.54, 1.807) is 12.3 Å². The van der Waals surface area contributed by atoms with Crippen molar-refractivity contribution in [2.24, 2.45) is 0 Å². The lowest BCUT2D eigenvalue weighted by molar-refractivity contribution is 0.0840. The van der Waals surface area contributed by atoms with E-state index in [0.717, 1.165) is 56.8 Å². The molecule has 1 aromatic carbocycles. The van der Waals surface area contributed by atoms with Gasteiger partial charge in [-0.05, 0) is 44.6 Å². The molecule has 0 atom stereocenters. The molecule has 0 bridgehead atoms. The standard InChI is InChI=1S/C21H28N4O3/c26-13-21(10-1-2-11-21)25-19(28)17-5-3-4-14-12-22-20(24-18(14)17)23-15-6-8-16(27)9-7-15/h3-5,12,15-16,26-27H,1-2,6-11,13H2,(H,25,28)(H,22,23,24). The molecule has 0 radical (unpaired) electrons. The maximum absolute atomic E-state index is 13.0. The Morgan fingerprint density at radius 1 is 1.18 bits per heavy atom. The maximum Gasteiger partial charge on any atom is 0.254 e. The smallest absolute Gasteiger partial charge is 0.254 e. The van der Waals surface area contributed by atoms with Crippen LogP contribution in [0.2, 0.25) is 0 Å². The first-order valence-corrected chi connectivity index (χ1v) is 10.2. The quantitative estimate of drug-likeness (QED) is 0.630. The summed E-state index contributed by atoms with van der Waals surface area (Å²) < 4.78 is 0. The maximum atomic E-state index is 13.0. The summed E-state index contributed by atoms with van der Waals surface area (Å²) >= 11 is 0. The molecule has 2 fully saturated rings. The van der Waals surface area contributed by atoms with Crippen LogP contribution in [0.1, 0.15) is 61.7 Å². The van der Waals surface area contributed by atoms with E-state index in [2.05, 4.69) is 20.6 Å². The predicted octanol–water partition coefficient (Wildman–Crippen LogP) is 2.38. The molecule has 0 saturated heterocycles. The number of nitrogens with one attached hydrogen (secondary N) is 2. The predicted molar refractivity (Wildman–Crippen MR) is 107 cm³/mol. The normalized spacial score (nSPS) is 24.2. The number of rotatable bonds is 5. The molecule has 0 spiro atoms. The van der Waals surface area contributed by atoms with Crippen molar-refractivity contribution in [2.75, 3.05) is 11.9 Å². The van der Waals surface area contributed by atoms with Crippen LogP contribution in [-0.2, 0) is 0 Å². The van der Waals surface area contributed by atoms with Gasteiger partial charge in [-0.1, -0.05) is 25.0 Å². The highest BCUT2D eigenvalue weighted by Crippen LogP contribution is 2.30. The van der Waals surface area contributed by atoms with Gasteiger partial charge in [0.25, 0.3) is 5.91 Å². The summed E-state index contributed by atoms with van der Waals surface area (Å²) in [5.74, 6) is 0.305. The lowest BCUT2D eigenvalue weighted by Gasteiger charge is -2.28. The van der Waals surface area contributed by atoms with E-state index in [1.807, 2.05) is 12.1 Å². The molecule has 2 aliphatic rings. The number of para-hydroxylation sites is 1. The Labute approximate surface area is 164 Å². The molecule has 2 aliphatic carbocycles. The number of aliphatic hydroxyl groups is 2. The molecule has 7 nitrogen and oxygen atoms in total. The Hall–Kier alpha value is -2.25. The van der Waals surface area contributed by atoms with Gasteiger partial charge in [-0.15, -0.1) is 0 Å². The molecule has 28 heavy (non-hydrogen) atoms. The van der Waals surface area contributed by atoms with Crippen LogP contribution in [0.15, 0.2) is 24.4 Å². The molecule has 2 saturated carbocycles. The van der Waals surface area contributed by atoms with Gasteiger partial charge in [0.1, 0.15) is 0 Å². The summed E-state index contributed by atoms with van der Waals surface area (Å²) in [4.78, 5) is 22.0. The van der Waals surface area contributed by atoms with Crippen molar-refractivity contribution in [1.29, 1.82) is 0 Å². The zero-order valence-corrected chi connectivity index (χ0v) is 16.0. The van der Waals surface area contributed by atoms with Crippen LogP contribution in [-0.4, -0.2) is 50.4 Å². The van der Waals surface area contributed by atoms with Crippen molar-refractivity contribution in [1.82, 2.24) is 15.3 Å². The number of aromatic nitrogens is 2. The molecule has 1 amide bonds. The van der Waals surface area contributed by atoms with Gasteiger partial charge in [-0.2, -0.15) is 0 Å². The molecule has 1 heterocycles. The Kier molecular flexibility index (Phi) is 5.46. The number of nitrogens with zero attached hydrogens (tertiary/aromatic N) is 2. The van der Waals surface area contributed by atoms with Gasteiger partial charge in [0, 0.05) is 17.6 Å². The van der Waals surface area contributed by atoms with Crippen LogP contribution < -0.4 is 10.6 Å². The van der Waals surface area contributed by atoms with E-state index >= 15 is 0 Å². The van der Waals surface area contributed by atoms with Crippen LogP contribution in [0.4, 0.5) is 5.95 Å². The van der Waals surface area contributed by atoms with Gasteiger partial charge in [-0.3, -0.25) is 4.79 Å². The monoisotopic (exact) mass is 384 g/mol. The Morgan fingerprint density at radius 2 is 1.93 bits per heavy atom. The molecule has 7 heteroatoms. The van der Waals surface area contributed by atoms with Crippen LogP contribution in [0.25, 0.3) is 10.9 Å². The SMILES string of the molecule is O=C(NC1(CO)CCCC1)c1cccc2cnc(NC3CCC(O)CC3)nc12. The van der Waals surface area contributed by atoms with Crippen LogP contribution >= 0.6 is 0 Å². The van der Waals surface area contributed by atoms with Crippen molar-refractivity contribution in [2.45, 2.75) is 69.1 Å². The fourth-order valence-electron chi connectivity index (χ4n) is 4.39. The summed E-state index contributed by atoms with van der Waals surface area (Å²) in [6.45, 7) is -0.0428. The number of benzene rings is 1. The first-order chi connectivity index (χ1) is 13.6. The van der Waals surface area contributed by atoms with Gasteiger partial charge in [0.2, 0.25) is 5.95 Å². The third kappa shape index (κ3) is 3.95. The number of hydrogen-bond donors (Lipinski definition) is 4. The third-order valence-electron chi connectivity index (χ3n) is 6.13. The van der Waals surface area contributed by atoms with Crippen molar-refractivity contribution in [3.05, 3.63) is 30.0 Å². The summed E-state index contributed by atoms with van der Waals surface area (Å²) in [5, 5.41) is 26.7. The molecule has 0 unspecified atom stereocenters. The van der Waals surface area contributed by atoms with Crippen molar-refractivity contribution in [3.8, 4) is 0 Å². The van der Waals surface area contributed by atoms with E-state index < -0.39 is 5.54 Å². The topological polar surface area (TPSA) is 107 Å². The van der Waals surface area contributed by atoms with Crippen molar-refractivity contribution < 1.29 is 15.0 Å². The number of anilines is 1. The van der Waals surface area contributed by atoms with Gasteiger partial charge >= 0.3 is 0 Å². The van der Waals surface area contributed by atoms with Gasteiger partial charge in [0.15, 0.2) is 0 Å². The summed E-state index contributed by atoms with van der Waals surface area (Å²) in [6.07, 6.45) is 8.48. The highest BCUT2D eigenvalue weighted by molar-refractivity contribution is 6.05. The second-order valence-electron chi connectivity index (χ2n) is 8.19. The lowest BCUT2D eigenvalue weighted by atomic mass is 9.93. The number of fused-ring (bicyclic) bond motifs is 1. The molecule has 1 aromatic heterocycles. The zero-order chi connectivity index (χ0) is 19.6. The van der Waals surface area contributed by atoms with Gasteiger partial charge in [0.05, 0.1) is 29.3 Å². The molecule has 2 aromatic rings. The highest BCUT2D eigenvalue weighted by Gasteiger charge is 2.35. The number of hydrogen-bond acceptors (Lipinski definition) is 6. The molecular weight excluding hydrogens is 356 g/mol. The van der Waals surface area contributed by atoms with Crippen LogP contribution in [0.5, 0.6) is 0 Å². The van der Waals surface area contributed by atoms with E-state index in [-0.39, 0.29) is 24.7 Å². The minimum Gasteiger partial charge on any atom is -0.394 e. The highest BCUT2D eigenvalue weighted by atomic mass is 16.3. The second kappa shape index (κ2) is 8.01. The van der Waals surface area contributed by atoms with Crippen LogP contribution in [0, 0.1) is 0 Å². The van der Waals surface area contributed by atoms with E-state index in [1.165, 1.54) is 0 Å². The lowest BCUT2D eigenvalue weighted by Crippen LogP contribution is -2.49. The van der Waals surface area contributed by atoms with E-state index in [0.29, 0.717) is 17.0 Å². The first-order valence-electron chi connectivity index (χ1n) is 10.2. The fourth-order valence-corrected chi connectivity index (χ4v) is 4.39. The Morgan fingerprint density at radius 3 is 2.64 bits per heavy atom. The van der Waals surface area contributed by atoms with Gasteiger partial charge in [-0.25, -0.2) is 9.97 Å². The number of carbonyl (C=O) groups excluding carboxylic acids is 1. The largest absolute Gasteiger partial charge is 0.394 e. The molecule has 4 rings (SSSR count). The van der Waals surface area contributed by atoms with Crippen molar-refractivity contribution >= 4 is 22.8 Å². The number of amides is 1. The molecule has 4 N–H and O–H groups in total. The Bertz CT molecular complexity index is 843. The van der Waals surface area contributed by atoms with E-state index in [4.69, 9.17) is 0 Å². The first kappa shape index (κ1) is 19.1. The van der Waals surface area contributed by atoms with Crippen LogP contribution in [0.3, 0.4) is 0 Å². The number of carbonyl (C=O) groups is 1. The minimum atomic E-state index is -0.518. The summed E-state index contributed by atoms with van der Waals surface area (Å²) in [6, 6.07) is 5.73. The third-order valence-corrected chi connectivity index (χ3v) is 6.13. The fraction of sp³-hybridized carbons (Fsp3) is 0.571. The molecular formula is C21H28N4O3. The summed E-state index contributed by atoms with van der Waals surface area (Å²) in [5.41, 5.74) is 0.595. The second-order valence-corrected chi connectivity index (χ2v) is 8.19. The summed E-state index contributed by atoms with van der Waals surface area (Å²) in [7, 11) is 0. The average Bonchev–Trinajstić information content (AvgIpc) is 3.18. The average molecular weight is 384 g/mol. The van der Waals surface area contributed by atoms with Gasteiger partial charge < -0.3 is 20.8 Å². The van der Waals surface area contributed by atoms with E-state index in [9.17, 15) is 15.0 Å². The number of aliphatic hydroxyl groups excluding tert-OH is 2. The zero-order valence-electron chi connectivity index (χ0n) is 16.0. The Balaban J connectivity index is 1.57. The minimum absolute atomic E-state index is 0.0428. The van der Waals surface area contributed by atoms with Crippen molar-refractivity contribution in [3.63, 3.8) is 0 Å².